The van der Waals surface area contributed by atoms with Crippen LogP contribution in [0.2, 0.25) is 0 Å². The predicted molar refractivity (Wildman–Crippen MR) is 85.8 cm³/mol. The summed E-state index contributed by atoms with van der Waals surface area (Å²) in [6.45, 7) is 0.338. The van der Waals surface area contributed by atoms with Crippen LogP contribution in [-0.2, 0) is 21.2 Å². The van der Waals surface area contributed by atoms with Gasteiger partial charge in [-0.15, -0.1) is 0 Å². The van der Waals surface area contributed by atoms with Gasteiger partial charge in [0.2, 0.25) is 15.9 Å². The van der Waals surface area contributed by atoms with Crippen LogP contribution < -0.4 is 14.9 Å². The summed E-state index contributed by atoms with van der Waals surface area (Å²) in [6.07, 6.45) is 3.75. The number of anilines is 1. The van der Waals surface area contributed by atoms with Crippen LogP contribution in [0, 0.1) is 0 Å². The highest BCUT2D eigenvalue weighted by Crippen LogP contribution is 2.30. The molecule has 1 heterocycles. The van der Waals surface area contributed by atoms with E-state index in [0.29, 0.717) is 24.2 Å². The Morgan fingerprint density at radius 3 is 2.70 bits per heavy atom. The van der Waals surface area contributed by atoms with Crippen molar-refractivity contribution in [2.24, 2.45) is 0 Å². The lowest BCUT2D eigenvalue weighted by molar-refractivity contribution is -0.120. The van der Waals surface area contributed by atoms with E-state index in [0.717, 1.165) is 18.4 Å². The van der Waals surface area contributed by atoms with E-state index in [-0.39, 0.29) is 24.4 Å². The molecule has 0 atom stereocenters. The number of nitrogens with zero attached hydrogens (tertiary/aromatic N) is 1. The number of carbonyl (C=O) groups is 2. The van der Waals surface area contributed by atoms with Gasteiger partial charge >= 0.3 is 0 Å². The molecule has 7 nitrogen and oxygen atoms in total. The molecule has 1 saturated carbocycles. The van der Waals surface area contributed by atoms with Crippen molar-refractivity contribution < 1.29 is 18.0 Å². The molecule has 23 heavy (non-hydrogen) atoms. The quantitative estimate of drug-likeness (QED) is 0.792. The van der Waals surface area contributed by atoms with Gasteiger partial charge in [-0.05, 0) is 43.0 Å². The van der Waals surface area contributed by atoms with Gasteiger partial charge in [-0.2, -0.15) is 0 Å². The molecule has 1 aromatic rings. The molecule has 0 saturated heterocycles. The summed E-state index contributed by atoms with van der Waals surface area (Å²) in [7, 11) is -3.30. The van der Waals surface area contributed by atoms with Gasteiger partial charge in [-0.25, -0.2) is 8.42 Å². The van der Waals surface area contributed by atoms with Gasteiger partial charge in [0.05, 0.1) is 18.5 Å². The van der Waals surface area contributed by atoms with E-state index >= 15 is 0 Å². The van der Waals surface area contributed by atoms with Crippen molar-refractivity contribution in [1.82, 2.24) is 10.6 Å². The Kier molecular flexibility index (Phi) is 4.01. The maximum absolute atomic E-state index is 12.1. The zero-order valence-corrected chi connectivity index (χ0v) is 13.6. The first-order chi connectivity index (χ1) is 10.8. The number of fused-ring (bicyclic) bond motifs is 1. The minimum absolute atomic E-state index is 0.0537. The molecule has 124 valence electrons. The van der Waals surface area contributed by atoms with Crippen LogP contribution in [0.15, 0.2) is 18.2 Å². The number of rotatable bonds is 5. The number of sulfonamides is 1. The highest BCUT2D eigenvalue weighted by molar-refractivity contribution is 7.92. The summed E-state index contributed by atoms with van der Waals surface area (Å²) < 4.78 is 24.7. The fourth-order valence-corrected chi connectivity index (χ4v) is 3.58. The van der Waals surface area contributed by atoms with E-state index in [9.17, 15) is 18.0 Å². The molecule has 0 bridgehead atoms. The monoisotopic (exact) mass is 337 g/mol. The smallest absolute Gasteiger partial charge is 0.251 e. The Bertz CT molecular complexity index is 756. The number of hydrogen-bond acceptors (Lipinski definition) is 4. The Morgan fingerprint density at radius 1 is 1.30 bits per heavy atom. The second-order valence-electron chi connectivity index (χ2n) is 5.95. The number of amides is 2. The molecule has 1 aromatic carbocycles. The van der Waals surface area contributed by atoms with E-state index in [1.54, 1.807) is 18.2 Å². The van der Waals surface area contributed by atoms with Crippen LogP contribution in [0.5, 0.6) is 0 Å². The second-order valence-corrected chi connectivity index (χ2v) is 7.86. The van der Waals surface area contributed by atoms with Crippen molar-refractivity contribution in [2.45, 2.75) is 25.3 Å². The Balaban J connectivity index is 1.65. The molecular formula is C15H19N3O4S. The Labute approximate surface area is 135 Å². The SMILES string of the molecule is CS(=O)(=O)N1CCc2cc(C(=O)NCC(=O)NC3CC3)ccc21. The molecule has 1 aliphatic carbocycles. The molecule has 8 heteroatoms. The molecule has 1 aliphatic heterocycles. The van der Waals surface area contributed by atoms with Gasteiger partial charge in [-0.1, -0.05) is 0 Å². The van der Waals surface area contributed by atoms with Gasteiger partial charge in [0.1, 0.15) is 0 Å². The Hall–Kier alpha value is -2.09. The fraction of sp³-hybridized carbons (Fsp3) is 0.467. The summed E-state index contributed by atoms with van der Waals surface area (Å²) in [6, 6.07) is 5.18. The van der Waals surface area contributed by atoms with Crippen LogP contribution in [0.1, 0.15) is 28.8 Å². The largest absolute Gasteiger partial charge is 0.352 e. The predicted octanol–water partition coefficient (Wildman–Crippen LogP) is 0.0171. The molecule has 3 rings (SSSR count). The second kappa shape index (κ2) is 5.84. The highest BCUT2D eigenvalue weighted by atomic mass is 32.2. The summed E-state index contributed by atoms with van der Waals surface area (Å²) in [5.74, 6) is -0.526. The van der Waals surface area contributed by atoms with E-state index < -0.39 is 10.0 Å². The summed E-state index contributed by atoms with van der Waals surface area (Å²) in [5, 5.41) is 5.38. The van der Waals surface area contributed by atoms with E-state index in [1.165, 1.54) is 10.6 Å². The topological polar surface area (TPSA) is 95.6 Å². The van der Waals surface area contributed by atoms with Crippen molar-refractivity contribution in [3.8, 4) is 0 Å². The van der Waals surface area contributed by atoms with Gasteiger partial charge in [0.25, 0.3) is 5.91 Å². The average molecular weight is 337 g/mol. The molecule has 0 radical (unpaired) electrons. The van der Waals surface area contributed by atoms with Gasteiger partial charge in [-0.3, -0.25) is 13.9 Å². The fourth-order valence-electron chi connectivity index (χ4n) is 2.63. The lowest BCUT2D eigenvalue weighted by Crippen LogP contribution is -2.37. The van der Waals surface area contributed by atoms with Crippen molar-refractivity contribution in [3.63, 3.8) is 0 Å². The van der Waals surface area contributed by atoms with Crippen molar-refractivity contribution in [1.29, 1.82) is 0 Å². The van der Waals surface area contributed by atoms with Crippen LogP contribution in [0.4, 0.5) is 5.69 Å². The molecule has 2 N–H and O–H groups in total. The van der Waals surface area contributed by atoms with Crippen LogP contribution in [0.25, 0.3) is 0 Å². The van der Waals surface area contributed by atoms with E-state index in [4.69, 9.17) is 0 Å². The maximum Gasteiger partial charge on any atom is 0.251 e. The molecule has 0 unspecified atom stereocenters. The van der Waals surface area contributed by atoms with Crippen LogP contribution in [-0.4, -0.2) is 45.6 Å². The molecule has 0 spiro atoms. The number of carbonyl (C=O) groups excluding carboxylic acids is 2. The van der Waals surface area contributed by atoms with Gasteiger partial charge in [0.15, 0.2) is 0 Å². The summed E-state index contributed by atoms with van der Waals surface area (Å²) in [5.41, 5.74) is 1.87. The Morgan fingerprint density at radius 2 is 2.04 bits per heavy atom. The zero-order valence-electron chi connectivity index (χ0n) is 12.8. The molecule has 1 fully saturated rings. The number of benzene rings is 1. The number of nitrogens with one attached hydrogen (secondary N) is 2. The lowest BCUT2D eigenvalue weighted by Gasteiger charge is -2.16. The third-order valence-corrected chi connectivity index (χ3v) is 5.13. The first kappa shape index (κ1) is 15.8. The minimum atomic E-state index is -3.30. The van der Waals surface area contributed by atoms with Crippen molar-refractivity contribution in [2.75, 3.05) is 23.7 Å². The molecule has 2 aliphatic rings. The van der Waals surface area contributed by atoms with E-state index in [1.807, 2.05) is 0 Å². The van der Waals surface area contributed by atoms with Crippen LogP contribution in [0.3, 0.4) is 0 Å². The van der Waals surface area contributed by atoms with Crippen LogP contribution >= 0.6 is 0 Å². The number of hydrogen-bond donors (Lipinski definition) is 2. The summed E-state index contributed by atoms with van der Waals surface area (Å²) in [4.78, 5) is 23.7. The zero-order chi connectivity index (χ0) is 16.6. The van der Waals surface area contributed by atoms with Crippen molar-refractivity contribution in [3.05, 3.63) is 29.3 Å². The third kappa shape index (κ3) is 3.64. The standard InChI is InChI=1S/C15H19N3O4S/c1-23(21,22)18-7-6-10-8-11(2-5-13(10)18)15(20)16-9-14(19)17-12-3-4-12/h2,5,8,12H,3-4,6-7,9H2,1H3,(H,16,20)(H,17,19). The van der Waals surface area contributed by atoms with Gasteiger partial charge in [0, 0.05) is 18.2 Å². The first-order valence-electron chi connectivity index (χ1n) is 7.53. The molecule has 0 aromatic heterocycles. The average Bonchev–Trinajstić information content (AvgIpc) is 3.18. The van der Waals surface area contributed by atoms with Crippen molar-refractivity contribution >= 4 is 27.5 Å². The molecule has 2 amide bonds. The lowest BCUT2D eigenvalue weighted by atomic mass is 10.1. The normalized spacial score (nSPS) is 16.8. The third-order valence-electron chi connectivity index (χ3n) is 3.95. The highest BCUT2D eigenvalue weighted by Gasteiger charge is 2.27. The minimum Gasteiger partial charge on any atom is -0.352 e. The van der Waals surface area contributed by atoms with Gasteiger partial charge < -0.3 is 10.6 Å². The molecular weight excluding hydrogens is 318 g/mol. The van der Waals surface area contributed by atoms with E-state index in [2.05, 4.69) is 10.6 Å². The maximum atomic E-state index is 12.1. The summed E-state index contributed by atoms with van der Waals surface area (Å²) >= 11 is 0. The first-order valence-corrected chi connectivity index (χ1v) is 9.37.